The molecule has 1 heterocycles. The maximum Gasteiger partial charge on any atom is 0.372 e. The van der Waals surface area contributed by atoms with Gasteiger partial charge in [-0.3, -0.25) is 0 Å². The summed E-state index contributed by atoms with van der Waals surface area (Å²) in [6.07, 6.45) is 1.58. The Hall–Kier alpha value is -3.29. The monoisotopic (exact) mass is 334 g/mol. The number of fused-ring (bicyclic) bond motifs is 1. The van der Waals surface area contributed by atoms with Gasteiger partial charge in [0.1, 0.15) is 11.3 Å². The molecule has 0 amide bonds. The van der Waals surface area contributed by atoms with Crippen LogP contribution in [0.25, 0.3) is 11.0 Å². The number of benzene rings is 1. The van der Waals surface area contributed by atoms with Gasteiger partial charge in [-0.15, -0.1) is 0 Å². The molecule has 0 aliphatic heterocycles. The van der Waals surface area contributed by atoms with Crippen LogP contribution in [0.2, 0.25) is 0 Å². The van der Waals surface area contributed by atoms with Crippen LogP contribution >= 0.6 is 0 Å². The van der Waals surface area contributed by atoms with Gasteiger partial charge in [-0.1, -0.05) is 13.3 Å². The van der Waals surface area contributed by atoms with E-state index in [0.29, 0.717) is 35.5 Å². The molecule has 0 spiro atoms. The van der Waals surface area contributed by atoms with E-state index >= 15 is 0 Å². The third-order valence-electron chi connectivity index (χ3n) is 3.17. The van der Waals surface area contributed by atoms with Gasteiger partial charge in [0.15, 0.2) is 0 Å². The summed E-state index contributed by atoms with van der Waals surface area (Å²) >= 11 is 0. The van der Waals surface area contributed by atoms with Gasteiger partial charge >= 0.3 is 17.9 Å². The van der Waals surface area contributed by atoms with Crippen LogP contribution in [0.15, 0.2) is 34.5 Å². The number of carboxylic acids is 3. The van der Waals surface area contributed by atoms with Crippen LogP contribution in [0.3, 0.4) is 0 Å². The van der Waals surface area contributed by atoms with E-state index in [4.69, 9.17) is 24.5 Å². The third-order valence-corrected chi connectivity index (χ3v) is 3.17. The number of aryl methyl sites for hydroxylation is 1. The molecule has 2 aromatic rings. The first-order chi connectivity index (χ1) is 11.3. The third kappa shape index (κ3) is 3.54. The predicted octanol–water partition coefficient (Wildman–Crippen LogP) is 2.52. The van der Waals surface area contributed by atoms with Gasteiger partial charge in [0, 0.05) is 10.9 Å². The first kappa shape index (κ1) is 17.1. The number of furan rings is 1. The summed E-state index contributed by atoms with van der Waals surface area (Å²) in [7, 11) is 0. The summed E-state index contributed by atoms with van der Waals surface area (Å²) in [5.41, 5.74) is 0.867. The first-order valence-electron chi connectivity index (χ1n) is 6.98. The molecule has 3 N–H and O–H groups in total. The number of ether oxygens (including phenoxy) is 1. The number of aromatic carboxylic acids is 1. The van der Waals surface area contributed by atoms with Crippen molar-refractivity contribution in [3.63, 3.8) is 0 Å². The van der Waals surface area contributed by atoms with E-state index in [-0.39, 0.29) is 11.5 Å². The van der Waals surface area contributed by atoms with Gasteiger partial charge in [-0.2, -0.15) is 0 Å². The van der Waals surface area contributed by atoms with Crippen LogP contribution in [0.1, 0.15) is 29.5 Å². The molecule has 0 aliphatic rings. The van der Waals surface area contributed by atoms with Crippen LogP contribution in [-0.4, -0.2) is 33.2 Å². The van der Waals surface area contributed by atoms with Crippen molar-refractivity contribution in [3.8, 4) is 5.75 Å². The molecule has 0 bridgehead atoms. The zero-order chi connectivity index (χ0) is 17.9. The summed E-state index contributed by atoms with van der Waals surface area (Å²) in [6.45, 7) is 1.88. The Morgan fingerprint density at radius 3 is 2.46 bits per heavy atom. The van der Waals surface area contributed by atoms with E-state index in [2.05, 4.69) is 0 Å². The van der Waals surface area contributed by atoms with E-state index in [1.165, 1.54) is 18.2 Å². The van der Waals surface area contributed by atoms with Gasteiger partial charge in [-0.05, 0) is 24.6 Å². The minimum Gasteiger partial charge on any atom is -0.478 e. The lowest BCUT2D eigenvalue weighted by molar-refractivity contribution is -0.137. The standard InChI is InChI=1S/C16H14O8/c1-2-3-8-9-6-12(15(19)20)24-11(9)5-4-10(8)23-13(16(21)22)7-14(17)18/h4-7H,2-3H2,1H3,(H,17,18)(H,19,20)(H,21,22)/b13-7-. The van der Waals surface area contributed by atoms with Crippen molar-refractivity contribution in [3.05, 3.63) is 41.4 Å². The average Bonchev–Trinajstić information content (AvgIpc) is 2.93. The Morgan fingerprint density at radius 2 is 1.92 bits per heavy atom. The van der Waals surface area contributed by atoms with Gasteiger partial charge in [-0.25, -0.2) is 14.4 Å². The Bertz CT molecular complexity index is 843. The molecule has 0 saturated heterocycles. The van der Waals surface area contributed by atoms with Crippen LogP contribution in [0.5, 0.6) is 5.75 Å². The lowest BCUT2D eigenvalue weighted by Crippen LogP contribution is -2.11. The predicted molar refractivity (Wildman–Crippen MR) is 81.2 cm³/mol. The summed E-state index contributed by atoms with van der Waals surface area (Å²) in [5, 5.41) is 27.3. The average molecular weight is 334 g/mol. The normalized spacial score (nSPS) is 11.5. The Balaban J connectivity index is 2.56. The quantitative estimate of drug-likeness (QED) is 0.519. The minimum absolute atomic E-state index is 0.136. The highest BCUT2D eigenvalue weighted by molar-refractivity contribution is 5.95. The number of rotatable bonds is 7. The molecule has 2 rings (SSSR count). The van der Waals surface area contributed by atoms with Crippen molar-refractivity contribution in [1.82, 2.24) is 0 Å². The van der Waals surface area contributed by atoms with Crippen LogP contribution in [-0.2, 0) is 16.0 Å². The molecule has 0 saturated carbocycles. The summed E-state index contributed by atoms with van der Waals surface area (Å²) < 4.78 is 10.4. The Labute approximate surface area is 135 Å². The maximum atomic E-state index is 11.1. The minimum atomic E-state index is -1.53. The summed E-state index contributed by atoms with van der Waals surface area (Å²) in [6, 6.07) is 4.19. The van der Waals surface area contributed by atoms with Crippen LogP contribution in [0.4, 0.5) is 0 Å². The molecule has 24 heavy (non-hydrogen) atoms. The molecule has 126 valence electrons. The largest absolute Gasteiger partial charge is 0.478 e. The number of carboxylic acid groups (broad SMARTS) is 3. The molecule has 8 heteroatoms. The SMILES string of the molecule is CCCc1c(O/C(=C\C(=O)O)C(=O)O)ccc2oc(C(=O)O)cc12. The van der Waals surface area contributed by atoms with Crippen molar-refractivity contribution in [2.45, 2.75) is 19.8 Å². The Kier molecular flexibility index (Phi) is 4.88. The van der Waals surface area contributed by atoms with Crippen LogP contribution in [0, 0.1) is 0 Å². The molecular weight excluding hydrogens is 320 g/mol. The van der Waals surface area contributed by atoms with E-state index in [0.717, 1.165) is 0 Å². The van der Waals surface area contributed by atoms with Crippen molar-refractivity contribution < 1.29 is 38.9 Å². The molecule has 8 nitrogen and oxygen atoms in total. The van der Waals surface area contributed by atoms with E-state index in [9.17, 15) is 14.4 Å². The van der Waals surface area contributed by atoms with Gasteiger partial charge in [0.2, 0.25) is 11.5 Å². The lowest BCUT2D eigenvalue weighted by atomic mass is 10.0. The second kappa shape index (κ2) is 6.86. The summed E-state index contributed by atoms with van der Waals surface area (Å²) in [4.78, 5) is 32.9. The second-order valence-corrected chi connectivity index (χ2v) is 4.87. The zero-order valence-corrected chi connectivity index (χ0v) is 12.6. The molecule has 0 atom stereocenters. The van der Waals surface area contributed by atoms with Crippen molar-refractivity contribution in [2.75, 3.05) is 0 Å². The number of carbonyl (C=O) groups is 3. The first-order valence-corrected chi connectivity index (χ1v) is 6.98. The zero-order valence-electron chi connectivity index (χ0n) is 12.6. The fourth-order valence-electron chi connectivity index (χ4n) is 2.22. The molecule has 0 unspecified atom stereocenters. The molecule has 0 radical (unpaired) electrons. The van der Waals surface area contributed by atoms with Crippen LogP contribution < -0.4 is 4.74 Å². The summed E-state index contributed by atoms with van der Waals surface area (Å²) in [5.74, 6) is -5.08. The van der Waals surface area contributed by atoms with E-state index in [1.54, 1.807) is 0 Å². The molecule has 0 aliphatic carbocycles. The Morgan fingerprint density at radius 1 is 1.21 bits per heavy atom. The molecular formula is C16H14O8. The fourth-order valence-corrected chi connectivity index (χ4v) is 2.22. The number of hydrogen-bond donors (Lipinski definition) is 3. The molecule has 1 aromatic carbocycles. The highest BCUT2D eigenvalue weighted by Gasteiger charge is 2.19. The van der Waals surface area contributed by atoms with Gasteiger partial charge < -0.3 is 24.5 Å². The van der Waals surface area contributed by atoms with Gasteiger partial charge in [0.05, 0.1) is 6.08 Å². The highest BCUT2D eigenvalue weighted by Crippen LogP contribution is 2.32. The second-order valence-electron chi connectivity index (χ2n) is 4.87. The lowest BCUT2D eigenvalue weighted by Gasteiger charge is -2.11. The van der Waals surface area contributed by atoms with Gasteiger partial charge in [0.25, 0.3) is 0 Å². The molecule has 1 aromatic heterocycles. The number of hydrogen-bond acceptors (Lipinski definition) is 5. The maximum absolute atomic E-state index is 11.1. The van der Waals surface area contributed by atoms with Crippen molar-refractivity contribution in [1.29, 1.82) is 0 Å². The smallest absolute Gasteiger partial charge is 0.372 e. The van der Waals surface area contributed by atoms with Crippen molar-refractivity contribution in [2.24, 2.45) is 0 Å². The fraction of sp³-hybridized carbons (Fsp3) is 0.188. The number of aliphatic carboxylic acids is 2. The van der Waals surface area contributed by atoms with Crippen molar-refractivity contribution >= 4 is 28.9 Å². The van der Waals surface area contributed by atoms with E-state index < -0.39 is 23.7 Å². The molecule has 0 fully saturated rings. The topological polar surface area (TPSA) is 134 Å². The highest BCUT2D eigenvalue weighted by atomic mass is 16.5. The van der Waals surface area contributed by atoms with E-state index in [1.807, 2.05) is 6.92 Å².